The Balaban J connectivity index is 1.49. The standard InChI is InChI=1S/C28H38N4O9/c1-17(15-23(34)19-6-8-20(9-7-19)24(29)30-27(36)39-3)25(35)31-13-10-22(11-14-31)41-26(40-18(2)33)21-5-4-12-32(16-21)28(37)38/h6-9,17,21-22,26H,4-5,10-16H2,1-3H3,(H,37,38)(H2,29,30,36)/t17-,21+,26?/m1/s1. The summed E-state index contributed by atoms with van der Waals surface area (Å²) in [5.41, 5.74) is 0.798. The maximum atomic E-state index is 13.1. The van der Waals surface area contributed by atoms with Gasteiger partial charge >= 0.3 is 18.2 Å². The highest BCUT2D eigenvalue weighted by molar-refractivity contribution is 6.05. The van der Waals surface area contributed by atoms with Crippen molar-refractivity contribution in [3.63, 3.8) is 0 Å². The topological polar surface area (TPSA) is 176 Å². The third kappa shape index (κ3) is 9.00. The van der Waals surface area contributed by atoms with E-state index in [1.165, 1.54) is 18.9 Å². The molecule has 3 rings (SSSR count). The van der Waals surface area contributed by atoms with Crippen molar-refractivity contribution in [1.29, 1.82) is 5.41 Å². The largest absolute Gasteiger partial charge is 0.465 e. The number of ketones is 1. The van der Waals surface area contributed by atoms with E-state index in [0.717, 1.165) is 0 Å². The van der Waals surface area contributed by atoms with Crippen molar-refractivity contribution >= 4 is 35.7 Å². The number of esters is 1. The van der Waals surface area contributed by atoms with Gasteiger partial charge in [0.25, 0.3) is 0 Å². The lowest BCUT2D eigenvalue weighted by molar-refractivity contribution is -0.211. The van der Waals surface area contributed by atoms with Gasteiger partial charge in [0.2, 0.25) is 12.2 Å². The molecule has 13 nitrogen and oxygen atoms in total. The van der Waals surface area contributed by atoms with Crippen LogP contribution in [-0.2, 0) is 23.8 Å². The van der Waals surface area contributed by atoms with E-state index >= 15 is 0 Å². The summed E-state index contributed by atoms with van der Waals surface area (Å²) in [6.45, 7) is 4.51. The number of benzene rings is 1. The molecule has 3 N–H and O–H groups in total. The van der Waals surface area contributed by atoms with Crippen molar-refractivity contribution in [3.8, 4) is 0 Å². The third-order valence-corrected chi connectivity index (χ3v) is 7.30. The van der Waals surface area contributed by atoms with Gasteiger partial charge in [-0.25, -0.2) is 9.59 Å². The first-order valence-corrected chi connectivity index (χ1v) is 13.6. The molecule has 0 spiro atoms. The molecule has 0 aromatic heterocycles. The SMILES string of the molecule is COC(=O)NC(=N)c1ccc(C(=O)C[C@@H](C)C(=O)N2CCC(OC(OC(C)=O)[C@H]3CCCN(C(=O)O)C3)CC2)cc1. The summed E-state index contributed by atoms with van der Waals surface area (Å²) in [4.78, 5) is 63.3. The Morgan fingerprint density at radius 1 is 1.02 bits per heavy atom. The van der Waals surface area contributed by atoms with Crippen molar-refractivity contribution < 1.29 is 43.3 Å². The summed E-state index contributed by atoms with van der Waals surface area (Å²) >= 11 is 0. The molecule has 1 aromatic carbocycles. The molecular weight excluding hydrogens is 536 g/mol. The summed E-state index contributed by atoms with van der Waals surface area (Å²) in [6.07, 6.45) is -0.499. The van der Waals surface area contributed by atoms with Crippen LogP contribution in [0, 0.1) is 17.2 Å². The fourth-order valence-corrected chi connectivity index (χ4v) is 5.05. The molecule has 1 unspecified atom stereocenters. The molecule has 13 heteroatoms. The molecule has 0 bridgehead atoms. The van der Waals surface area contributed by atoms with E-state index in [1.54, 1.807) is 36.1 Å². The highest BCUT2D eigenvalue weighted by atomic mass is 16.7. The van der Waals surface area contributed by atoms with Crippen LogP contribution in [0.3, 0.4) is 0 Å². The summed E-state index contributed by atoms with van der Waals surface area (Å²) in [6, 6.07) is 6.18. The second-order valence-electron chi connectivity index (χ2n) is 10.4. The maximum Gasteiger partial charge on any atom is 0.412 e. The molecule has 0 aliphatic carbocycles. The van der Waals surface area contributed by atoms with Gasteiger partial charge in [0.15, 0.2) is 5.78 Å². The van der Waals surface area contributed by atoms with Crippen molar-refractivity contribution in [2.45, 2.75) is 58.3 Å². The van der Waals surface area contributed by atoms with Crippen LogP contribution in [0.5, 0.6) is 0 Å². The Labute approximate surface area is 238 Å². The van der Waals surface area contributed by atoms with E-state index in [4.69, 9.17) is 14.9 Å². The van der Waals surface area contributed by atoms with Crippen molar-refractivity contribution in [2.24, 2.45) is 11.8 Å². The molecule has 224 valence electrons. The lowest BCUT2D eigenvalue weighted by atomic mass is 9.96. The highest BCUT2D eigenvalue weighted by Crippen LogP contribution is 2.27. The Morgan fingerprint density at radius 2 is 1.66 bits per heavy atom. The fourth-order valence-electron chi connectivity index (χ4n) is 5.05. The van der Waals surface area contributed by atoms with E-state index in [2.05, 4.69) is 10.1 Å². The van der Waals surface area contributed by atoms with E-state index in [9.17, 15) is 29.1 Å². The van der Waals surface area contributed by atoms with Crippen LogP contribution in [0.25, 0.3) is 0 Å². The van der Waals surface area contributed by atoms with E-state index < -0.39 is 30.4 Å². The third-order valence-electron chi connectivity index (χ3n) is 7.30. The van der Waals surface area contributed by atoms with Gasteiger partial charge in [0.1, 0.15) is 5.84 Å². The smallest absolute Gasteiger partial charge is 0.412 e. The van der Waals surface area contributed by atoms with Crippen LogP contribution in [-0.4, -0.2) is 96.3 Å². The number of nitrogens with one attached hydrogen (secondary N) is 2. The van der Waals surface area contributed by atoms with Crippen molar-refractivity contribution in [3.05, 3.63) is 35.4 Å². The number of carbonyl (C=O) groups is 5. The quantitative estimate of drug-likeness (QED) is 0.132. The number of amidine groups is 1. The number of carbonyl (C=O) groups excluding carboxylic acids is 4. The number of carboxylic acid groups (broad SMARTS) is 1. The Hall–Kier alpha value is -4.00. The van der Waals surface area contributed by atoms with Gasteiger partial charge in [-0.15, -0.1) is 0 Å². The fraction of sp³-hybridized carbons (Fsp3) is 0.571. The first-order chi connectivity index (χ1) is 19.5. The zero-order valence-corrected chi connectivity index (χ0v) is 23.6. The molecule has 2 aliphatic heterocycles. The molecule has 3 amide bonds. The van der Waals surface area contributed by atoms with E-state index in [0.29, 0.717) is 56.4 Å². The maximum absolute atomic E-state index is 13.1. The van der Waals surface area contributed by atoms with Crippen LogP contribution in [0.4, 0.5) is 9.59 Å². The number of Topliss-reactive ketones (excluding diaryl/α,β-unsaturated/α-hetero) is 1. The molecule has 0 radical (unpaired) electrons. The Morgan fingerprint density at radius 3 is 2.24 bits per heavy atom. The van der Waals surface area contributed by atoms with Gasteiger partial charge in [-0.3, -0.25) is 25.1 Å². The molecule has 0 saturated carbocycles. The van der Waals surface area contributed by atoms with Crippen LogP contribution in [0.15, 0.2) is 24.3 Å². The predicted octanol–water partition coefficient (Wildman–Crippen LogP) is 2.86. The van der Waals surface area contributed by atoms with Crippen LogP contribution in [0.2, 0.25) is 0 Å². The average molecular weight is 575 g/mol. The molecule has 2 fully saturated rings. The second kappa shape index (κ2) is 14.6. The monoisotopic (exact) mass is 574 g/mol. The summed E-state index contributed by atoms with van der Waals surface area (Å²) in [5, 5.41) is 19.5. The first-order valence-electron chi connectivity index (χ1n) is 13.6. The molecule has 3 atom stereocenters. The first kappa shape index (κ1) is 31.5. The average Bonchev–Trinajstić information content (AvgIpc) is 2.96. The summed E-state index contributed by atoms with van der Waals surface area (Å²) in [5.74, 6) is -1.82. The highest BCUT2D eigenvalue weighted by Gasteiger charge is 2.35. The molecule has 41 heavy (non-hydrogen) atoms. The Kier molecular flexibility index (Phi) is 11.2. The molecular formula is C28H38N4O9. The number of piperidine rings is 2. The van der Waals surface area contributed by atoms with Gasteiger partial charge in [0, 0.05) is 62.5 Å². The number of nitrogens with zero attached hydrogens (tertiary/aromatic N) is 2. The van der Waals surface area contributed by atoms with Crippen molar-refractivity contribution in [2.75, 3.05) is 33.3 Å². The van der Waals surface area contributed by atoms with Crippen LogP contribution < -0.4 is 5.32 Å². The number of ether oxygens (including phenoxy) is 3. The molecule has 2 heterocycles. The number of alkyl carbamates (subject to hydrolysis) is 1. The lowest BCUT2D eigenvalue weighted by Crippen LogP contribution is -2.48. The second-order valence-corrected chi connectivity index (χ2v) is 10.4. The van der Waals surface area contributed by atoms with Gasteiger partial charge in [0.05, 0.1) is 13.2 Å². The number of amides is 3. The molecule has 1 aromatic rings. The lowest BCUT2D eigenvalue weighted by Gasteiger charge is -2.38. The molecule has 2 saturated heterocycles. The van der Waals surface area contributed by atoms with Crippen molar-refractivity contribution in [1.82, 2.24) is 15.1 Å². The number of hydrogen-bond donors (Lipinski definition) is 3. The normalized spacial score (nSPS) is 19.0. The van der Waals surface area contributed by atoms with E-state index in [-0.39, 0.29) is 42.5 Å². The summed E-state index contributed by atoms with van der Waals surface area (Å²) < 4.78 is 16.0. The van der Waals surface area contributed by atoms with Gasteiger partial charge in [-0.2, -0.15) is 0 Å². The van der Waals surface area contributed by atoms with Gasteiger partial charge < -0.3 is 29.1 Å². The van der Waals surface area contributed by atoms with Crippen LogP contribution >= 0.6 is 0 Å². The number of likely N-dealkylation sites (tertiary alicyclic amines) is 2. The molecule has 2 aliphatic rings. The minimum atomic E-state index is -1.01. The van der Waals surface area contributed by atoms with Gasteiger partial charge in [-0.1, -0.05) is 31.2 Å². The number of rotatable bonds is 9. The van der Waals surface area contributed by atoms with E-state index in [1.807, 2.05) is 0 Å². The number of hydrogen-bond acceptors (Lipinski definition) is 9. The minimum Gasteiger partial charge on any atom is -0.465 e. The predicted molar refractivity (Wildman–Crippen MR) is 145 cm³/mol. The summed E-state index contributed by atoms with van der Waals surface area (Å²) in [7, 11) is 1.19. The zero-order valence-electron chi connectivity index (χ0n) is 23.6. The van der Waals surface area contributed by atoms with Crippen LogP contribution in [0.1, 0.15) is 61.9 Å². The minimum absolute atomic E-state index is 0.0166. The van der Waals surface area contributed by atoms with Gasteiger partial charge in [-0.05, 0) is 25.7 Å². The number of methoxy groups -OCH3 is 1. The Bertz CT molecular complexity index is 1130. The zero-order chi connectivity index (χ0) is 30.1.